The second-order valence-electron chi connectivity index (χ2n) is 2.54. The Labute approximate surface area is 61.9 Å². The van der Waals surface area contributed by atoms with E-state index in [4.69, 9.17) is 5.41 Å². The first kappa shape index (κ1) is 7.54. The summed E-state index contributed by atoms with van der Waals surface area (Å²) >= 11 is 0. The van der Waals surface area contributed by atoms with Crippen LogP contribution in [0.2, 0.25) is 0 Å². The highest BCUT2D eigenvalue weighted by Gasteiger charge is 2.10. The van der Waals surface area contributed by atoms with Crippen LogP contribution in [-0.2, 0) is 0 Å². The summed E-state index contributed by atoms with van der Waals surface area (Å²) in [5, 5.41) is 10.8. The molecule has 1 rings (SSSR count). The van der Waals surface area contributed by atoms with Gasteiger partial charge in [0.25, 0.3) is 0 Å². The molecule has 1 saturated heterocycles. The predicted octanol–water partition coefficient (Wildman–Crippen LogP) is 0.279. The molecule has 1 aliphatic rings. The van der Waals surface area contributed by atoms with Gasteiger partial charge in [0.15, 0.2) is 0 Å². The second kappa shape index (κ2) is 3.56. The molecule has 1 heterocycles. The average molecular weight is 141 g/mol. The molecular weight excluding hydrogens is 126 g/mol. The Hall–Kier alpha value is -0.570. The van der Waals surface area contributed by atoms with Crippen LogP contribution >= 0.6 is 0 Å². The molecule has 0 atom stereocenters. The molecule has 3 nitrogen and oxygen atoms in total. The van der Waals surface area contributed by atoms with Crippen molar-refractivity contribution in [1.82, 2.24) is 10.2 Å². The molecule has 0 saturated carbocycles. The topological polar surface area (TPSA) is 39.1 Å². The molecule has 0 unspecified atom stereocenters. The van der Waals surface area contributed by atoms with E-state index < -0.39 is 0 Å². The van der Waals surface area contributed by atoms with E-state index in [1.807, 2.05) is 6.92 Å². The zero-order valence-corrected chi connectivity index (χ0v) is 6.48. The van der Waals surface area contributed by atoms with Crippen LogP contribution in [0.1, 0.15) is 13.3 Å². The number of hydrogen-bond donors (Lipinski definition) is 2. The first-order valence-electron chi connectivity index (χ1n) is 3.87. The number of nitrogens with zero attached hydrogens (tertiary/aromatic N) is 1. The van der Waals surface area contributed by atoms with Crippen LogP contribution in [0, 0.1) is 5.41 Å². The summed E-state index contributed by atoms with van der Waals surface area (Å²) < 4.78 is 0. The van der Waals surface area contributed by atoms with Crippen molar-refractivity contribution in [3.05, 3.63) is 0 Å². The van der Waals surface area contributed by atoms with Crippen molar-refractivity contribution in [3.63, 3.8) is 0 Å². The normalized spacial score (nSPS) is 19.1. The van der Waals surface area contributed by atoms with Gasteiger partial charge in [-0.2, -0.15) is 0 Å². The zero-order valence-electron chi connectivity index (χ0n) is 6.48. The SMILES string of the molecule is CCC(=N)N1CCNCC1. The fourth-order valence-corrected chi connectivity index (χ4v) is 1.16. The second-order valence-corrected chi connectivity index (χ2v) is 2.54. The fraction of sp³-hybridized carbons (Fsp3) is 0.857. The van der Waals surface area contributed by atoms with Gasteiger partial charge in [-0.15, -0.1) is 0 Å². The molecule has 2 N–H and O–H groups in total. The molecule has 1 fully saturated rings. The highest BCUT2D eigenvalue weighted by atomic mass is 15.2. The number of amidine groups is 1. The molecule has 0 aliphatic carbocycles. The minimum Gasteiger partial charge on any atom is -0.358 e. The quantitative estimate of drug-likeness (QED) is 0.406. The Balaban J connectivity index is 2.31. The van der Waals surface area contributed by atoms with Gasteiger partial charge in [0.05, 0.1) is 5.84 Å². The van der Waals surface area contributed by atoms with E-state index in [9.17, 15) is 0 Å². The summed E-state index contributed by atoms with van der Waals surface area (Å²) in [6.45, 7) is 6.11. The smallest absolute Gasteiger partial charge is 0.0955 e. The number of hydrogen-bond acceptors (Lipinski definition) is 2. The highest BCUT2D eigenvalue weighted by molar-refractivity contribution is 5.78. The van der Waals surface area contributed by atoms with E-state index in [0.29, 0.717) is 0 Å². The molecule has 0 aromatic rings. The van der Waals surface area contributed by atoms with Gasteiger partial charge < -0.3 is 10.2 Å². The van der Waals surface area contributed by atoms with Gasteiger partial charge in [-0.25, -0.2) is 0 Å². The molecular formula is C7H15N3. The molecule has 0 aromatic carbocycles. The van der Waals surface area contributed by atoms with Gasteiger partial charge in [0.1, 0.15) is 0 Å². The van der Waals surface area contributed by atoms with Crippen LogP contribution in [0.4, 0.5) is 0 Å². The number of nitrogens with one attached hydrogen (secondary N) is 2. The summed E-state index contributed by atoms with van der Waals surface area (Å²) in [4.78, 5) is 2.14. The molecule has 0 bridgehead atoms. The van der Waals surface area contributed by atoms with Gasteiger partial charge in [-0.3, -0.25) is 5.41 Å². The molecule has 58 valence electrons. The van der Waals surface area contributed by atoms with Gasteiger partial charge >= 0.3 is 0 Å². The first-order chi connectivity index (χ1) is 4.84. The van der Waals surface area contributed by atoms with E-state index in [2.05, 4.69) is 10.2 Å². The zero-order chi connectivity index (χ0) is 7.40. The van der Waals surface area contributed by atoms with Gasteiger partial charge in [-0.1, -0.05) is 6.92 Å². The Kier molecular flexibility index (Phi) is 2.68. The van der Waals surface area contributed by atoms with E-state index in [-0.39, 0.29) is 0 Å². The summed E-state index contributed by atoms with van der Waals surface area (Å²) in [7, 11) is 0. The van der Waals surface area contributed by atoms with Crippen molar-refractivity contribution in [2.45, 2.75) is 13.3 Å². The lowest BCUT2D eigenvalue weighted by Crippen LogP contribution is -2.45. The van der Waals surface area contributed by atoms with Crippen molar-refractivity contribution in [2.24, 2.45) is 0 Å². The minimum atomic E-state index is 0.779. The summed E-state index contributed by atoms with van der Waals surface area (Å²) in [6, 6.07) is 0. The Morgan fingerprint density at radius 3 is 2.60 bits per heavy atom. The van der Waals surface area contributed by atoms with E-state index in [1.165, 1.54) is 0 Å². The number of rotatable bonds is 1. The van der Waals surface area contributed by atoms with Crippen LogP contribution < -0.4 is 5.32 Å². The van der Waals surface area contributed by atoms with Crippen LogP contribution in [0.15, 0.2) is 0 Å². The molecule has 0 spiro atoms. The van der Waals surface area contributed by atoms with Crippen LogP contribution in [0.5, 0.6) is 0 Å². The Morgan fingerprint density at radius 2 is 2.10 bits per heavy atom. The summed E-state index contributed by atoms with van der Waals surface area (Å²) in [5.41, 5.74) is 0. The van der Waals surface area contributed by atoms with Gasteiger partial charge in [-0.05, 0) is 0 Å². The first-order valence-corrected chi connectivity index (χ1v) is 3.87. The summed E-state index contributed by atoms with van der Waals surface area (Å²) in [6.07, 6.45) is 0.861. The molecule has 3 heteroatoms. The summed E-state index contributed by atoms with van der Waals surface area (Å²) in [5.74, 6) is 0.779. The maximum Gasteiger partial charge on any atom is 0.0955 e. The lowest BCUT2D eigenvalue weighted by atomic mass is 10.3. The maximum absolute atomic E-state index is 7.53. The largest absolute Gasteiger partial charge is 0.358 e. The van der Waals surface area contributed by atoms with Crippen molar-refractivity contribution in [1.29, 1.82) is 5.41 Å². The highest BCUT2D eigenvalue weighted by Crippen LogP contribution is 1.95. The molecule has 1 aliphatic heterocycles. The maximum atomic E-state index is 7.53. The lowest BCUT2D eigenvalue weighted by Gasteiger charge is -2.29. The van der Waals surface area contributed by atoms with E-state index >= 15 is 0 Å². The third-order valence-corrected chi connectivity index (χ3v) is 1.83. The monoisotopic (exact) mass is 141 g/mol. The van der Waals surface area contributed by atoms with Crippen molar-refractivity contribution in [2.75, 3.05) is 26.2 Å². The van der Waals surface area contributed by atoms with Crippen molar-refractivity contribution >= 4 is 5.84 Å². The standard InChI is InChI=1S/C7H15N3/c1-2-7(8)10-5-3-9-4-6-10/h8-9H,2-6H2,1H3. The fourth-order valence-electron chi connectivity index (χ4n) is 1.16. The van der Waals surface area contributed by atoms with E-state index in [1.54, 1.807) is 0 Å². The van der Waals surface area contributed by atoms with Crippen molar-refractivity contribution in [3.8, 4) is 0 Å². The third-order valence-electron chi connectivity index (χ3n) is 1.83. The number of piperazine rings is 1. The lowest BCUT2D eigenvalue weighted by molar-refractivity contribution is 0.350. The van der Waals surface area contributed by atoms with Crippen molar-refractivity contribution < 1.29 is 0 Å². The van der Waals surface area contributed by atoms with Crippen LogP contribution in [-0.4, -0.2) is 36.9 Å². The third kappa shape index (κ3) is 1.70. The van der Waals surface area contributed by atoms with Crippen LogP contribution in [0.3, 0.4) is 0 Å². The average Bonchev–Trinajstić information content (AvgIpc) is 2.05. The van der Waals surface area contributed by atoms with E-state index in [0.717, 1.165) is 38.4 Å². The predicted molar refractivity (Wildman–Crippen MR) is 42.5 cm³/mol. The van der Waals surface area contributed by atoms with Gasteiger partial charge in [0.2, 0.25) is 0 Å². The molecule has 0 radical (unpaired) electrons. The van der Waals surface area contributed by atoms with Crippen LogP contribution in [0.25, 0.3) is 0 Å². The Bertz CT molecular complexity index is 116. The molecule has 10 heavy (non-hydrogen) atoms. The van der Waals surface area contributed by atoms with Gasteiger partial charge in [0, 0.05) is 32.6 Å². The Morgan fingerprint density at radius 1 is 1.50 bits per heavy atom. The molecule has 0 aromatic heterocycles. The molecule has 0 amide bonds. The minimum absolute atomic E-state index is 0.779.